The molecule has 212 valence electrons. The van der Waals surface area contributed by atoms with Crippen molar-refractivity contribution in [3.8, 4) is 5.75 Å². The molecule has 1 amide bonds. The van der Waals surface area contributed by atoms with E-state index in [4.69, 9.17) is 14.7 Å². The van der Waals surface area contributed by atoms with E-state index in [0.29, 0.717) is 12.1 Å². The molecule has 3 aromatic carbocycles. The molecule has 0 aliphatic carbocycles. The van der Waals surface area contributed by atoms with Gasteiger partial charge in [-0.15, -0.1) is 0 Å². The minimum absolute atomic E-state index is 0.0160. The van der Waals surface area contributed by atoms with Gasteiger partial charge in [0.25, 0.3) is 5.91 Å². The summed E-state index contributed by atoms with van der Waals surface area (Å²) in [6, 6.07) is 26.2. The van der Waals surface area contributed by atoms with E-state index in [1.165, 1.54) is 5.69 Å². The lowest BCUT2D eigenvalue weighted by atomic mass is 10.1. The Morgan fingerprint density at radius 3 is 2.17 bits per heavy atom. The van der Waals surface area contributed by atoms with E-state index in [0.717, 1.165) is 71.0 Å². The Morgan fingerprint density at radius 1 is 0.854 bits per heavy atom. The summed E-state index contributed by atoms with van der Waals surface area (Å²) in [6.45, 7) is 8.43. The number of ether oxygens (including phenoxy) is 1. The van der Waals surface area contributed by atoms with Crippen molar-refractivity contribution in [1.29, 1.82) is 0 Å². The van der Waals surface area contributed by atoms with Crippen molar-refractivity contribution in [2.45, 2.75) is 31.3 Å². The summed E-state index contributed by atoms with van der Waals surface area (Å²) >= 11 is 1.63. The van der Waals surface area contributed by atoms with Gasteiger partial charge in [0, 0.05) is 68.0 Å². The zero-order valence-electron chi connectivity index (χ0n) is 24.2. The Balaban J connectivity index is 1.18. The first-order valence-corrected chi connectivity index (χ1v) is 14.9. The van der Waals surface area contributed by atoms with Crippen molar-refractivity contribution in [2.24, 2.45) is 0 Å². The first-order chi connectivity index (χ1) is 19.9. The number of rotatable bonds is 9. The summed E-state index contributed by atoms with van der Waals surface area (Å²) in [7, 11) is 3.53. The maximum Gasteiger partial charge on any atom is 0.253 e. The number of carbonyl (C=O) groups excluding carboxylic acids is 1. The second kappa shape index (κ2) is 13.1. The number of anilines is 2. The molecule has 1 saturated heterocycles. The Morgan fingerprint density at radius 2 is 1.51 bits per heavy atom. The molecule has 0 radical (unpaired) electrons. The van der Waals surface area contributed by atoms with Gasteiger partial charge >= 0.3 is 0 Å². The van der Waals surface area contributed by atoms with Crippen molar-refractivity contribution >= 4 is 29.2 Å². The summed E-state index contributed by atoms with van der Waals surface area (Å²) in [5, 5.41) is 0.781. The molecule has 1 aliphatic rings. The van der Waals surface area contributed by atoms with Crippen molar-refractivity contribution in [2.75, 3.05) is 50.1 Å². The van der Waals surface area contributed by atoms with Crippen LogP contribution in [-0.4, -0.2) is 61.1 Å². The van der Waals surface area contributed by atoms with Crippen LogP contribution < -0.4 is 14.5 Å². The van der Waals surface area contributed by atoms with Gasteiger partial charge in [0.1, 0.15) is 11.6 Å². The van der Waals surface area contributed by atoms with Gasteiger partial charge < -0.3 is 19.4 Å². The van der Waals surface area contributed by atoms with Crippen LogP contribution in [0.4, 0.5) is 11.5 Å². The van der Waals surface area contributed by atoms with E-state index in [9.17, 15) is 4.79 Å². The van der Waals surface area contributed by atoms with E-state index in [-0.39, 0.29) is 5.91 Å². The van der Waals surface area contributed by atoms with Crippen LogP contribution in [0.1, 0.15) is 32.7 Å². The second-order valence-electron chi connectivity index (χ2n) is 10.3. The predicted molar refractivity (Wildman–Crippen MR) is 167 cm³/mol. The van der Waals surface area contributed by atoms with Crippen LogP contribution in [0.3, 0.4) is 0 Å². The maximum atomic E-state index is 12.9. The molecule has 7 nitrogen and oxygen atoms in total. The van der Waals surface area contributed by atoms with Gasteiger partial charge in [-0.3, -0.25) is 4.79 Å². The van der Waals surface area contributed by atoms with Crippen LogP contribution in [-0.2, 0) is 12.3 Å². The van der Waals surface area contributed by atoms with E-state index in [1.54, 1.807) is 23.8 Å². The number of amides is 1. The fraction of sp³-hybridized carbons (Fsp3) is 0.303. The lowest BCUT2D eigenvalue weighted by Gasteiger charge is -2.37. The van der Waals surface area contributed by atoms with Gasteiger partial charge in [0.05, 0.1) is 7.11 Å². The lowest BCUT2D eigenvalue weighted by Crippen LogP contribution is -2.47. The second-order valence-corrected chi connectivity index (χ2v) is 11.3. The average Bonchev–Trinajstić information content (AvgIpc) is 3.02. The molecule has 5 rings (SSSR count). The Hall–Kier alpha value is -4.04. The molecule has 1 aliphatic heterocycles. The molecule has 2 heterocycles. The van der Waals surface area contributed by atoms with Gasteiger partial charge in [-0.25, -0.2) is 9.97 Å². The first-order valence-electron chi connectivity index (χ1n) is 13.9. The van der Waals surface area contributed by atoms with Gasteiger partial charge in [-0.2, -0.15) is 0 Å². The van der Waals surface area contributed by atoms with E-state index < -0.39 is 0 Å². The monoisotopic (exact) mass is 567 g/mol. The zero-order valence-corrected chi connectivity index (χ0v) is 25.0. The minimum Gasteiger partial charge on any atom is -0.497 e. The molecule has 0 spiro atoms. The number of hydrogen-bond donors (Lipinski definition) is 0. The van der Waals surface area contributed by atoms with Crippen LogP contribution in [0.25, 0.3) is 0 Å². The Bertz CT molecular complexity index is 1450. The highest BCUT2D eigenvalue weighted by molar-refractivity contribution is 7.98. The molecule has 0 bridgehead atoms. The van der Waals surface area contributed by atoms with Gasteiger partial charge in [-0.1, -0.05) is 54.2 Å². The van der Waals surface area contributed by atoms with Crippen molar-refractivity contribution in [3.63, 3.8) is 0 Å². The van der Waals surface area contributed by atoms with Crippen molar-refractivity contribution in [1.82, 2.24) is 14.9 Å². The normalized spacial score (nSPS) is 13.3. The van der Waals surface area contributed by atoms with Crippen molar-refractivity contribution in [3.05, 3.63) is 107 Å². The SMILES string of the molecule is COc1ccc(N2CCN(c3nc(SCc4ccc(C(=O)N(C)Cc5ccccc5)cc4)nc(C)c3C)CC2)cc1. The molecular weight excluding hydrogens is 530 g/mol. The smallest absolute Gasteiger partial charge is 0.253 e. The number of piperazine rings is 1. The number of thioether (sulfide) groups is 1. The van der Waals surface area contributed by atoms with Gasteiger partial charge in [0.15, 0.2) is 5.16 Å². The predicted octanol–water partition coefficient (Wildman–Crippen LogP) is 5.99. The first kappa shape index (κ1) is 28.5. The average molecular weight is 568 g/mol. The maximum absolute atomic E-state index is 12.9. The van der Waals surface area contributed by atoms with Crippen LogP contribution >= 0.6 is 11.8 Å². The van der Waals surface area contributed by atoms with Gasteiger partial charge in [0.2, 0.25) is 0 Å². The van der Waals surface area contributed by atoms with Crippen molar-refractivity contribution < 1.29 is 9.53 Å². The third kappa shape index (κ3) is 7.00. The topological polar surface area (TPSA) is 61.8 Å². The lowest BCUT2D eigenvalue weighted by molar-refractivity contribution is 0.0785. The molecule has 0 N–H and O–H groups in total. The van der Waals surface area contributed by atoms with Crippen LogP contribution in [0, 0.1) is 13.8 Å². The van der Waals surface area contributed by atoms with E-state index >= 15 is 0 Å². The molecular formula is C33H37N5O2S. The fourth-order valence-corrected chi connectivity index (χ4v) is 5.81. The molecule has 0 saturated carbocycles. The summed E-state index contributed by atoms with van der Waals surface area (Å²) in [5.41, 5.74) is 6.30. The Kier molecular flexibility index (Phi) is 9.09. The largest absolute Gasteiger partial charge is 0.497 e. The minimum atomic E-state index is 0.0160. The number of carbonyl (C=O) groups is 1. The van der Waals surface area contributed by atoms with E-state index in [2.05, 4.69) is 35.8 Å². The molecule has 1 fully saturated rings. The molecule has 8 heteroatoms. The van der Waals surface area contributed by atoms with E-state index in [1.807, 2.05) is 73.8 Å². The summed E-state index contributed by atoms with van der Waals surface area (Å²) in [6.07, 6.45) is 0. The van der Waals surface area contributed by atoms with Crippen LogP contribution in [0.5, 0.6) is 5.75 Å². The highest BCUT2D eigenvalue weighted by atomic mass is 32.2. The molecule has 0 unspecified atom stereocenters. The highest BCUT2D eigenvalue weighted by Gasteiger charge is 2.22. The van der Waals surface area contributed by atoms with Crippen LogP contribution in [0.15, 0.2) is 84.0 Å². The molecule has 41 heavy (non-hydrogen) atoms. The third-order valence-corrected chi connectivity index (χ3v) is 8.46. The number of aromatic nitrogens is 2. The Labute approximate surface area is 247 Å². The number of aryl methyl sites for hydroxylation is 1. The molecule has 1 aromatic heterocycles. The highest BCUT2D eigenvalue weighted by Crippen LogP contribution is 2.28. The third-order valence-electron chi connectivity index (χ3n) is 7.54. The molecule has 0 atom stereocenters. The summed E-state index contributed by atoms with van der Waals surface area (Å²) in [5.74, 6) is 2.65. The zero-order chi connectivity index (χ0) is 28.8. The fourth-order valence-electron chi connectivity index (χ4n) is 4.97. The summed E-state index contributed by atoms with van der Waals surface area (Å²) in [4.78, 5) is 29.2. The van der Waals surface area contributed by atoms with Crippen LogP contribution in [0.2, 0.25) is 0 Å². The number of methoxy groups -OCH3 is 1. The number of hydrogen-bond acceptors (Lipinski definition) is 7. The number of benzene rings is 3. The van der Waals surface area contributed by atoms with Gasteiger partial charge in [-0.05, 0) is 61.4 Å². The number of nitrogens with zero attached hydrogens (tertiary/aromatic N) is 5. The quantitative estimate of drug-likeness (QED) is 0.182. The standard InChI is InChI=1S/C33H37N5O2S/c1-24-25(2)34-33(35-31(24)38-20-18-37(19-21-38)29-14-16-30(40-4)17-15-29)41-23-27-10-12-28(13-11-27)32(39)36(3)22-26-8-6-5-7-9-26/h5-17H,18-23H2,1-4H3. The molecule has 4 aromatic rings. The summed E-state index contributed by atoms with van der Waals surface area (Å²) < 4.78 is 5.30.